The summed E-state index contributed by atoms with van der Waals surface area (Å²) in [5.74, 6) is 0.892. The summed E-state index contributed by atoms with van der Waals surface area (Å²) in [4.78, 5) is 11.7. The number of aromatic amines is 1. The van der Waals surface area contributed by atoms with Crippen LogP contribution >= 0.6 is 0 Å². The average Bonchev–Trinajstić information content (AvgIpc) is 3.34. The SMILES string of the molecule is BC(B)(B)n1cc(Nc2ncc3cc(C#N)[nH]c3n2)c(OC2CCOC2)n1. The Morgan fingerprint density at radius 3 is 3.00 bits per heavy atom. The maximum Gasteiger partial charge on any atom is 0.257 e. The van der Waals surface area contributed by atoms with Crippen LogP contribution in [0.1, 0.15) is 12.1 Å². The molecule has 4 rings (SSSR count). The molecule has 1 atom stereocenters. The van der Waals surface area contributed by atoms with Crippen LogP contribution in [0.3, 0.4) is 0 Å². The Kier molecular flexibility index (Phi) is 4.32. The Labute approximate surface area is 158 Å². The van der Waals surface area contributed by atoms with Gasteiger partial charge >= 0.3 is 0 Å². The number of aromatic nitrogens is 5. The molecule has 1 fully saturated rings. The van der Waals surface area contributed by atoms with E-state index in [4.69, 9.17) is 14.7 Å². The first-order chi connectivity index (χ1) is 12.9. The van der Waals surface area contributed by atoms with Crippen LogP contribution in [0.15, 0.2) is 18.5 Å². The van der Waals surface area contributed by atoms with Crippen LogP contribution in [0, 0.1) is 11.3 Å². The molecule has 1 unspecified atom stereocenters. The van der Waals surface area contributed by atoms with Gasteiger partial charge < -0.3 is 19.8 Å². The molecule has 3 aromatic heterocycles. The Morgan fingerprint density at radius 2 is 2.30 bits per heavy atom. The molecule has 1 aliphatic rings. The van der Waals surface area contributed by atoms with E-state index in [1.165, 1.54) is 0 Å². The standard InChI is InChI=1S/C15H18B3N7O2/c16-15(17,18)25-6-11(13(24-25)27-10-1-2-26-7-10)22-14-20-5-8-3-9(4-19)21-12(8)23-14/h3,5-6,10H,1-2,7,16-18H2,(H2,20,21,22,23). The van der Waals surface area contributed by atoms with Gasteiger partial charge in [0.15, 0.2) is 0 Å². The van der Waals surface area contributed by atoms with Gasteiger partial charge in [-0.05, 0) is 11.3 Å². The molecule has 2 N–H and O–H groups in total. The molecule has 0 bridgehead atoms. The maximum absolute atomic E-state index is 9.01. The minimum absolute atomic E-state index is 0.0149. The number of H-pyrrole nitrogens is 1. The van der Waals surface area contributed by atoms with Crippen molar-refractivity contribution in [3.8, 4) is 11.9 Å². The number of fused-ring (bicyclic) bond motifs is 1. The van der Waals surface area contributed by atoms with Crippen molar-refractivity contribution in [1.82, 2.24) is 24.7 Å². The van der Waals surface area contributed by atoms with E-state index in [0.29, 0.717) is 42.1 Å². The zero-order valence-electron chi connectivity index (χ0n) is 15.5. The van der Waals surface area contributed by atoms with Gasteiger partial charge in [0.1, 0.15) is 52.7 Å². The van der Waals surface area contributed by atoms with E-state index < -0.39 is 0 Å². The van der Waals surface area contributed by atoms with Gasteiger partial charge in [0.2, 0.25) is 5.95 Å². The molecule has 1 saturated heterocycles. The summed E-state index contributed by atoms with van der Waals surface area (Å²) in [5, 5.41) is 17.4. The Bertz CT molecular complexity index is 1010. The molecule has 3 aromatic rings. The number of hydrogen-bond donors (Lipinski definition) is 2. The van der Waals surface area contributed by atoms with E-state index in [1.54, 1.807) is 12.3 Å². The van der Waals surface area contributed by atoms with Crippen LogP contribution in [0.2, 0.25) is 0 Å². The fourth-order valence-corrected chi connectivity index (χ4v) is 2.80. The summed E-state index contributed by atoms with van der Waals surface area (Å²) in [6.45, 7) is 1.25. The van der Waals surface area contributed by atoms with Gasteiger partial charge in [-0.15, -0.1) is 5.10 Å². The molecule has 0 spiro atoms. The van der Waals surface area contributed by atoms with Crippen LogP contribution in [0.25, 0.3) is 11.0 Å². The molecule has 0 aromatic carbocycles. The zero-order valence-corrected chi connectivity index (χ0v) is 15.5. The number of ether oxygens (including phenoxy) is 2. The van der Waals surface area contributed by atoms with Gasteiger partial charge in [-0.2, -0.15) is 10.2 Å². The highest BCUT2D eigenvalue weighted by molar-refractivity contribution is 6.56. The number of rotatable bonds is 5. The number of nitrogens with zero attached hydrogens (tertiary/aromatic N) is 5. The fraction of sp³-hybridized carbons (Fsp3) is 0.333. The first kappa shape index (κ1) is 17.5. The molecule has 1 aliphatic heterocycles. The maximum atomic E-state index is 9.01. The van der Waals surface area contributed by atoms with Crippen molar-refractivity contribution in [2.75, 3.05) is 18.5 Å². The van der Waals surface area contributed by atoms with E-state index in [9.17, 15) is 0 Å². The summed E-state index contributed by atoms with van der Waals surface area (Å²) in [6.07, 6.45) is 4.37. The molecular weight excluding hydrogens is 343 g/mol. The summed E-state index contributed by atoms with van der Waals surface area (Å²) in [7, 11) is 6.20. The van der Waals surface area contributed by atoms with Gasteiger partial charge in [0.25, 0.3) is 5.88 Å². The van der Waals surface area contributed by atoms with E-state index in [0.717, 1.165) is 11.8 Å². The third-order valence-electron chi connectivity index (χ3n) is 4.27. The largest absolute Gasteiger partial charge is 0.469 e. The first-order valence-electron chi connectivity index (χ1n) is 8.80. The normalized spacial score (nSPS) is 17.1. The van der Waals surface area contributed by atoms with Crippen LogP contribution in [-0.4, -0.2) is 67.6 Å². The third kappa shape index (κ3) is 3.64. The molecule has 9 nitrogen and oxygen atoms in total. The minimum Gasteiger partial charge on any atom is -0.469 e. The van der Waals surface area contributed by atoms with Crippen LogP contribution < -0.4 is 10.1 Å². The molecule has 12 heteroatoms. The second-order valence-corrected chi connectivity index (χ2v) is 7.48. The van der Waals surface area contributed by atoms with Crippen LogP contribution in [-0.2, 0) is 9.97 Å². The Balaban J connectivity index is 1.65. The molecule has 134 valence electrons. The monoisotopic (exact) mass is 361 g/mol. The molecular formula is C15H18B3N7O2. The molecule has 27 heavy (non-hydrogen) atoms. The number of anilines is 2. The van der Waals surface area contributed by atoms with Crippen molar-refractivity contribution < 1.29 is 9.47 Å². The Morgan fingerprint density at radius 1 is 1.44 bits per heavy atom. The van der Waals surface area contributed by atoms with Crippen molar-refractivity contribution in [2.24, 2.45) is 0 Å². The van der Waals surface area contributed by atoms with E-state index >= 15 is 0 Å². The number of hydrogen-bond acceptors (Lipinski definition) is 7. The summed E-state index contributed by atoms with van der Waals surface area (Å²) in [6, 6.07) is 3.78. The highest BCUT2D eigenvalue weighted by Gasteiger charge is 2.24. The van der Waals surface area contributed by atoms with Crippen molar-refractivity contribution in [1.29, 1.82) is 5.26 Å². The van der Waals surface area contributed by atoms with Gasteiger partial charge in [-0.1, -0.05) is 0 Å². The molecule has 0 saturated carbocycles. The lowest BCUT2D eigenvalue weighted by atomic mass is 9.49. The fourth-order valence-electron chi connectivity index (χ4n) is 2.80. The first-order valence-corrected chi connectivity index (χ1v) is 8.80. The predicted molar refractivity (Wildman–Crippen MR) is 108 cm³/mol. The lowest BCUT2D eigenvalue weighted by molar-refractivity contribution is 0.138. The van der Waals surface area contributed by atoms with Crippen molar-refractivity contribution in [3.63, 3.8) is 0 Å². The lowest BCUT2D eigenvalue weighted by Crippen LogP contribution is -2.35. The number of nitrogens with one attached hydrogen (secondary N) is 2. The minimum atomic E-state index is -0.198. The summed E-state index contributed by atoms with van der Waals surface area (Å²) in [5.41, 5.74) is 1.73. The summed E-state index contributed by atoms with van der Waals surface area (Å²) < 4.78 is 13.3. The molecule has 0 amide bonds. The highest BCUT2D eigenvalue weighted by Crippen LogP contribution is 2.29. The average molecular weight is 361 g/mol. The van der Waals surface area contributed by atoms with E-state index in [2.05, 4.69) is 55.0 Å². The van der Waals surface area contributed by atoms with Crippen LogP contribution in [0.4, 0.5) is 11.6 Å². The van der Waals surface area contributed by atoms with Gasteiger partial charge in [-0.3, -0.25) is 4.68 Å². The van der Waals surface area contributed by atoms with Gasteiger partial charge in [-0.25, -0.2) is 4.98 Å². The third-order valence-corrected chi connectivity index (χ3v) is 4.27. The van der Waals surface area contributed by atoms with E-state index in [-0.39, 0.29) is 11.3 Å². The molecule has 0 aliphatic carbocycles. The highest BCUT2D eigenvalue weighted by atomic mass is 16.6. The topological polar surface area (TPSA) is 114 Å². The van der Waals surface area contributed by atoms with Gasteiger partial charge in [0, 0.05) is 18.0 Å². The second kappa shape index (κ2) is 6.66. The smallest absolute Gasteiger partial charge is 0.257 e. The zero-order chi connectivity index (χ0) is 19.0. The molecule has 0 radical (unpaired) electrons. The Hall–Kier alpha value is -2.93. The van der Waals surface area contributed by atoms with E-state index in [1.807, 2.05) is 10.9 Å². The van der Waals surface area contributed by atoms with Crippen molar-refractivity contribution in [2.45, 2.75) is 17.8 Å². The summed E-state index contributed by atoms with van der Waals surface area (Å²) >= 11 is 0. The van der Waals surface area contributed by atoms with Crippen LogP contribution in [0.5, 0.6) is 5.88 Å². The van der Waals surface area contributed by atoms with Crippen molar-refractivity contribution >= 4 is 46.2 Å². The predicted octanol–water partition coefficient (Wildman–Crippen LogP) is -1.60. The molecule has 4 heterocycles. The van der Waals surface area contributed by atoms with Crippen molar-refractivity contribution in [3.05, 3.63) is 24.2 Å². The van der Waals surface area contributed by atoms with Gasteiger partial charge in [0.05, 0.1) is 19.4 Å². The second-order valence-electron chi connectivity index (χ2n) is 7.48. The lowest BCUT2D eigenvalue weighted by Gasteiger charge is -2.18. The number of nitriles is 1. The quantitative estimate of drug-likeness (QED) is 0.527.